The lowest BCUT2D eigenvalue weighted by Gasteiger charge is -2.08. The molecule has 5 heteroatoms. The van der Waals surface area contributed by atoms with E-state index in [1.54, 1.807) is 7.11 Å². The highest BCUT2D eigenvalue weighted by Crippen LogP contribution is 2.13. The summed E-state index contributed by atoms with van der Waals surface area (Å²) in [6, 6.07) is 7.34. The first-order chi connectivity index (χ1) is 7.13. The summed E-state index contributed by atoms with van der Waals surface area (Å²) in [5.74, 6) is 0.635. The highest BCUT2D eigenvalue weighted by molar-refractivity contribution is 6.53. The molecule has 0 aliphatic heterocycles. The molecule has 0 atom stereocenters. The van der Waals surface area contributed by atoms with E-state index >= 15 is 0 Å². The van der Waals surface area contributed by atoms with Crippen LogP contribution in [-0.2, 0) is 11.3 Å². The first kappa shape index (κ1) is 12.1. The van der Waals surface area contributed by atoms with E-state index in [9.17, 15) is 0 Å². The average Bonchev–Trinajstić information content (AvgIpc) is 2.26. The van der Waals surface area contributed by atoms with Gasteiger partial charge < -0.3 is 9.47 Å². The van der Waals surface area contributed by atoms with E-state index < -0.39 is 4.84 Å². The predicted octanol–water partition coefficient (Wildman–Crippen LogP) is 2.99. The predicted molar refractivity (Wildman–Crippen MR) is 61.0 cm³/mol. The van der Waals surface area contributed by atoms with E-state index in [-0.39, 0.29) is 12.5 Å². The Bertz CT molecular complexity index is 325. The Morgan fingerprint density at radius 1 is 1.33 bits per heavy atom. The lowest BCUT2D eigenvalue weighted by Crippen LogP contribution is -2.11. The fourth-order valence-electron chi connectivity index (χ4n) is 0.946. The van der Waals surface area contributed by atoms with Crippen LogP contribution in [0.1, 0.15) is 5.56 Å². The average molecular weight is 248 g/mol. The molecule has 0 spiro atoms. The van der Waals surface area contributed by atoms with Gasteiger partial charge in [0, 0.05) is 0 Å². The van der Waals surface area contributed by atoms with Crippen molar-refractivity contribution in [3.63, 3.8) is 0 Å². The second kappa shape index (κ2) is 5.83. The van der Waals surface area contributed by atoms with Crippen LogP contribution < -0.4 is 4.74 Å². The zero-order chi connectivity index (χ0) is 11.3. The molecule has 3 nitrogen and oxygen atoms in total. The van der Waals surface area contributed by atoms with Crippen molar-refractivity contribution in [2.45, 2.75) is 11.4 Å². The minimum Gasteiger partial charge on any atom is -0.497 e. The molecule has 0 bridgehead atoms. The number of ether oxygens (including phenoxy) is 2. The Morgan fingerprint density at radius 3 is 2.40 bits per heavy atom. The zero-order valence-corrected chi connectivity index (χ0v) is 9.68. The molecule has 0 aromatic heterocycles. The van der Waals surface area contributed by atoms with Crippen LogP contribution in [0.5, 0.6) is 5.75 Å². The normalized spacial score (nSPS) is 10.1. The lowest BCUT2D eigenvalue weighted by molar-refractivity contribution is 0.285. The largest absolute Gasteiger partial charge is 0.497 e. The van der Waals surface area contributed by atoms with Crippen LogP contribution in [0.2, 0.25) is 0 Å². The summed E-state index contributed by atoms with van der Waals surface area (Å²) >= 11 is 10.9. The molecule has 82 valence electrons. The maximum Gasteiger partial charge on any atom is 0.215 e. The Balaban J connectivity index is 2.47. The van der Waals surface area contributed by atoms with Crippen LogP contribution in [0.15, 0.2) is 24.3 Å². The van der Waals surface area contributed by atoms with Gasteiger partial charge >= 0.3 is 0 Å². The fraction of sp³-hybridized carbons (Fsp3) is 0.300. The SMILES string of the molecule is COc1ccc(COC(=N)C(Cl)Cl)cc1. The van der Waals surface area contributed by atoms with Gasteiger partial charge in [-0.2, -0.15) is 0 Å². The van der Waals surface area contributed by atoms with Crippen molar-refractivity contribution in [1.82, 2.24) is 0 Å². The van der Waals surface area contributed by atoms with E-state index in [0.29, 0.717) is 0 Å². The van der Waals surface area contributed by atoms with Crippen LogP contribution in [0.25, 0.3) is 0 Å². The first-order valence-electron chi connectivity index (χ1n) is 4.26. The smallest absolute Gasteiger partial charge is 0.215 e. The van der Waals surface area contributed by atoms with E-state index in [1.165, 1.54) is 0 Å². The molecule has 1 aromatic carbocycles. The summed E-state index contributed by atoms with van der Waals surface area (Å²) in [5, 5.41) is 7.26. The molecule has 0 radical (unpaired) electrons. The highest BCUT2D eigenvalue weighted by Gasteiger charge is 2.08. The molecule has 0 fully saturated rings. The highest BCUT2D eigenvalue weighted by atomic mass is 35.5. The summed E-state index contributed by atoms with van der Waals surface area (Å²) in [6.07, 6.45) is 0. The summed E-state index contributed by atoms with van der Waals surface area (Å²) in [5.41, 5.74) is 0.925. The van der Waals surface area contributed by atoms with Gasteiger partial charge in [0.1, 0.15) is 12.4 Å². The van der Waals surface area contributed by atoms with Gasteiger partial charge in [-0.15, -0.1) is 0 Å². The fourth-order valence-corrected chi connectivity index (χ4v) is 1.07. The van der Waals surface area contributed by atoms with Crippen molar-refractivity contribution in [3.8, 4) is 5.75 Å². The summed E-state index contributed by atoms with van der Waals surface area (Å²) < 4.78 is 10.0. The number of halogens is 2. The van der Waals surface area contributed by atoms with Gasteiger partial charge in [0.05, 0.1) is 7.11 Å². The third-order valence-electron chi connectivity index (χ3n) is 1.75. The van der Waals surface area contributed by atoms with E-state index in [1.807, 2.05) is 24.3 Å². The van der Waals surface area contributed by atoms with Crippen molar-refractivity contribution >= 4 is 29.1 Å². The number of alkyl halides is 2. The lowest BCUT2D eigenvalue weighted by atomic mass is 10.2. The quantitative estimate of drug-likeness (QED) is 0.505. The molecule has 0 heterocycles. The molecule has 0 unspecified atom stereocenters. The third-order valence-corrected chi connectivity index (χ3v) is 2.15. The molecule has 1 aromatic rings. The molecule has 15 heavy (non-hydrogen) atoms. The van der Waals surface area contributed by atoms with E-state index in [0.717, 1.165) is 11.3 Å². The van der Waals surface area contributed by atoms with Crippen LogP contribution in [0.4, 0.5) is 0 Å². The van der Waals surface area contributed by atoms with Crippen LogP contribution in [0, 0.1) is 5.41 Å². The van der Waals surface area contributed by atoms with Gasteiger partial charge in [-0.1, -0.05) is 35.3 Å². The van der Waals surface area contributed by atoms with Crippen molar-refractivity contribution in [2.75, 3.05) is 7.11 Å². The Labute approximate surface area is 98.4 Å². The van der Waals surface area contributed by atoms with Crippen molar-refractivity contribution in [2.24, 2.45) is 0 Å². The Hall–Kier alpha value is -0.930. The Kier molecular flexibility index (Phi) is 4.72. The van der Waals surface area contributed by atoms with Gasteiger partial charge in [0.2, 0.25) is 5.90 Å². The molecule has 1 N–H and O–H groups in total. The molecular weight excluding hydrogens is 237 g/mol. The molecular formula is C10H11Cl2NO2. The molecule has 0 aliphatic rings. The number of hydrogen-bond donors (Lipinski definition) is 1. The van der Waals surface area contributed by atoms with E-state index in [2.05, 4.69) is 0 Å². The third kappa shape index (κ3) is 3.98. The molecule has 0 aliphatic carbocycles. The summed E-state index contributed by atoms with van der Waals surface area (Å²) in [4.78, 5) is -0.914. The van der Waals surface area contributed by atoms with Crippen molar-refractivity contribution in [3.05, 3.63) is 29.8 Å². The van der Waals surface area contributed by atoms with Crippen LogP contribution in [-0.4, -0.2) is 17.8 Å². The molecule has 1 rings (SSSR count). The minimum absolute atomic E-state index is 0.144. The van der Waals surface area contributed by atoms with E-state index in [4.69, 9.17) is 38.1 Å². The standard InChI is InChI=1S/C10H11Cl2NO2/c1-14-8-4-2-7(3-5-8)6-15-10(13)9(11)12/h2-5,9,13H,6H2,1H3. The summed E-state index contributed by atoms with van der Waals surface area (Å²) in [6.45, 7) is 0.277. The zero-order valence-electron chi connectivity index (χ0n) is 8.17. The van der Waals surface area contributed by atoms with Crippen molar-refractivity contribution < 1.29 is 9.47 Å². The van der Waals surface area contributed by atoms with Crippen molar-refractivity contribution in [1.29, 1.82) is 5.41 Å². The number of benzene rings is 1. The van der Waals surface area contributed by atoms with Gasteiger partial charge in [-0.05, 0) is 17.7 Å². The minimum atomic E-state index is -0.914. The molecule has 0 saturated carbocycles. The second-order valence-corrected chi connectivity index (χ2v) is 3.90. The second-order valence-electron chi connectivity index (χ2n) is 2.80. The Morgan fingerprint density at radius 2 is 1.93 bits per heavy atom. The number of hydrogen-bond acceptors (Lipinski definition) is 3. The molecule has 0 amide bonds. The van der Waals surface area contributed by atoms with Gasteiger partial charge in [-0.25, -0.2) is 0 Å². The first-order valence-corrected chi connectivity index (χ1v) is 5.13. The number of nitrogens with one attached hydrogen (secondary N) is 1. The van der Waals surface area contributed by atoms with Gasteiger partial charge in [-0.3, -0.25) is 5.41 Å². The van der Waals surface area contributed by atoms with Crippen LogP contribution in [0.3, 0.4) is 0 Å². The monoisotopic (exact) mass is 247 g/mol. The van der Waals surface area contributed by atoms with Crippen LogP contribution >= 0.6 is 23.2 Å². The van der Waals surface area contributed by atoms with Gasteiger partial charge in [0.15, 0.2) is 4.84 Å². The summed E-state index contributed by atoms with van der Waals surface area (Å²) in [7, 11) is 1.60. The topological polar surface area (TPSA) is 42.3 Å². The number of methoxy groups -OCH3 is 1. The maximum atomic E-state index is 7.26. The maximum absolute atomic E-state index is 7.26. The number of rotatable bonds is 4. The molecule has 0 saturated heterocycles. The van der Waals surface area contributed by atoms with Gasteiger partial charge in [0.25, 0.3) is 0 Å².